The zero-order chi connectivity index (χ0) is 19.0. The molecule has 0 spiro atoms. The summed E-state index contributed by atoms with van der Waals surface area (Å²) in [5.41, 5.74) is -2.35. The fraction of sp³-hybridized carbons (Fsp3) is 0.176. The molecule has 134 valence electrons. The Kier molecular flexibility index (Phi) is 4.21. The van der Waals surface area contributed by atoms with Crippen LogP contribution in [0.15, 0.2) is 49.1 Å². The molecule has 1 aromatic carbocycles. The van der Waals surface area contributed by atoms with Gasteiger partial charge in [0.1, 0.15) is 16.7 Å². The third kappa shape index (κ3) is 2.79. The molecule has 1 amide bonds. The average molecular weight is 357 g/mol. The summed E-state index contributed by atoms with van der Waals surface area (Å²) in [5, 5.41) is 2.50. The highest BCUT2D eigenvalue weighted by Crippen LogP contribution is 2.16. The third-order valence-corrected chi connectivity index (χ3v) is 3.93. The van der Waals surface area contributed by atoms with E-state index in [0.717, 1.165) is 15.2 Å². The fourth-order valence-corrected chi connectivity index (χ4v) is 2.48. The van der Waals surface area contributed by atoms with Gasteiger partial charge in [0.15, 0.2) is 0 Å². The number of amides is 1. The zero-order valence-electron chi connectivity index (χ0n) is 14.2. The van der Waals surface area contributed by atoms with Gasteiger partial charge in [-0.3, -0.25) is 18.7 Å². The van der Waals surface area contributed by atoms with Crippen molar-refractivity contribution in [2.24, 2.45) is 14.1 Å². The van der Waals surface area contributed by atoms with Gasteiger partial charge in [0.2, 0.25) is 5.71 Å². The van der Waals surface area contributed by atoms with E-state index in [-0.39, 0.29) is 16.7 Å². The Morgan fingerprint density at radius 3 is 2.35 bits per heavy atom. The number of aryl methyl sites for hydroxylation is 1. The molecule has 0 aliphatic heterocycles. The van der Waals surface area contributed by atoms with E-state index in [4.69, 9.17) is 9.15 Å². The molecule has 3 rings (SSSR count). The lowest BCUT2D eigenvalue weighted by Gasteiger charge is -2.08. The van der Waals surface area contributed by atoms with Crippen LogP contribution in [-0.4, -0.2) is 22.2 Å². The van der Waals surface area contributed by atoms with Gasteiger partial charge in [-0.25, -0.2) is 9.59 Å². The first-order valence-electron chi connectivity index (χ1n) is 7.52. The van der Waals surface area contributed by atoms with E-state index in [1.165, 1.54) is 21.2 Å². The van der Waals surface area contributed by atoms with Crippen LogP contribution in [0, 0.1) is 0 Å². The molecular weight excluding hydrogens is 342 g/mol. The number of benzene rings is 1. The molecule has 0 fully saturated rings. The summed E-state index contributed by atoms with van der Waals surface area (Å²) in [6.07, 6.45) is 0. The highest BCUT2D eigenvalue weighted by molar-refractivity contribution is 6.05. The molecule has 2 heterocycles. The molecule has 26 heavy (non-hydrogen) atoms. The minimum atomic E-state index is -0.952. The number of hydrogen-bond donors (Lipinski definition) is 1. The van der Waals surface area contributed by atoms with Gasteiger partial charge in [0, 0.05) is 19.8 Å². The summed E-state index contributed by atoms with van der Waals surface area (Å²) in [6.45, 7) is 0. The first-order valence-corrected chi connectivity index (χ1v) is 7.52. The number of nitrogens with zero attached hydrogens (tertiary/aromatic N) is 2. The summed E-state index contributed by atoms with van der Waals surface area (Å²) >= 11 is 0. The lowest BCUT2D eigenvalue weighted by atomic mass is 10.2. The zero-order valence-corrected chi connectivity index (χ0v) is 14.2. The average Bonchev–Trinajstić information content (AvgIpc) is 2.64. The molecule has 2 aromatic heterocycles. The van der Waals surface area contributed by atoms with E-state index in [1.54, 1.807) is 24.3 Å². The summed E-state index contributed by atoms with van der Waals surface area (Å²) < 4.78 is 12.0. The first-order chi connectivity index (χ1) is 12.3. The summed E-state index contributed by atoms with van der Waals surface area (Å²) in [7, 11) is 4.18. The van der Waals surface area contributed by atoms with Crippen molar-refractivity contribution in [2.75, 3.05) is 12.4 Å². The van der Waals surface area contributed by atoms with Crippen molar-refractivity contribution in [3.8, 4) is 5.75 Å². The smallest absolute Gasteiger partial charge is 0.350 e. The lowest BCUT2D eigenvalue weighted by Crippen LogP contribution is -2.37. The normalized spacial score (nSPS) is 10.7. The third-order valence-electron chi connectivity index (χ3n) is 3.93. The van der Waals surface area contributed by atoms with Crippen LogP contribution in [0.25, 0.3) is 11.1 Å². The number of nitrogens with one attached hydrogen (secondary N) is 1. The molecule has 0 atom stereocenters. The molecule has 9 nitrogen and oxygen atoms in total. The second-order valence-electron chi connectivity index (χ2n) is 5.55. The van der Waals surface area contributed by atoms with Gasteiger partial charge in [0.25, 0.3) is 11.5 Å². The van der Waals surface area contributed by atoms with Crippen LogP contribution in [0.5, 0.6) is 5.75 Å². The molecule has 0 aliphatic carbocycles. The number of carbonyl (C=O) groups excluding carboxylic acids is 1. The number of fused-ring (bicyclic) bond motifs is 1. The van der Waals surface area contributed by atoms with E-state index in [2.05, 4.69) is 5.32 Å². The van der Waals surface area contributed by atoms with Gasteiger partial charge in [-0.2, -0.15) is 0 Å². The molecule has 3 aromatic rings. The van der Waals surface area contributed by atoms with Crippen molar-refractivity contribution in [3.63, 3.8) is 0 Å². The van der Waals surface area contributed by atoms with Crippen molar-refractivity contribution in [2.45, 2.75) is 0 Å². The van der Waals surface area contributed by atoms with Crippen LogP contribution >= 0.6 is 0 Å². The van der Waals surface area contributed by atoms with Crippen LogP contribution in [0.2, 0.25) is 0 Å². The Morgan fingerprint density at radius 1 is 1.08 bits per heavy atom. The SMILES string of the molecule is COc1ccc(NC(=O)c2cc3c(=O)n(C)c(=O)n(C)c3oc2=O)cc1. The van der Waals surface area contributed by atoms with Crippen LogP contribution in [0.1, 0.15) is 10.4 Å². The van der Waals surface area contributed by atoms with Crippen molar-refractivity contribution in [1.29, 1.82) is 0 Å². The number of ether oxygens (including phenoxy) is 1. The van der Waals surface area contributed by atoms with Crippen molar-refractivity contribution < 1.29 is 13.9 Å². The first kappa shape index (κ1) is 17.2. The number of anilines is 1. The predicted octanol–water partition coefficient (Wildman–Crippen LogP) is 0.451. The number of methoxy groups -OCH3 is 1. The molecule has 0 aliphatic rings. The van der Waals surface area contributed by atoms with Crippen LogP contribution in [-0.2, 0) is 14.1 Å². The van der Waals surface area contributed by atoms with Gasteiger partial charge in [0.05, 0.1) is 7.11 Å². The Hall–Kier alpha value is -3.62. The van der Waals surface area contributed by atoms with Gasteiger partial charge in [-0.05, 0) is 30.3 Å². The second kappa shape index (κ2) is 6.36. The number of rotatable bonds is 3. The molecule has 1 N–H and O–H groups in total. The topological polar surface area (TPSA) is 113 Å². The monoisotopic (exact) mass is 357 g/mol. The second-order valence-corrected chi connectivity index (χ2v) is 5.55. The maximum Gasteiger partial charge on any atom is 0.350 e. The minimum absolute atomic E-state index is 0.0471. The van der Waals surface area contributed by atoms with E-state index in [1.807, 2.05) is 0 Å². The van der Waals surface area contributed by atoms with E-state index < -0.39 is 22.8 Å². The minimum Gasteiger partial charge on any atom is -0.497 e. The highest BCUT2D eigenvalue weighted by Gasteiger charge is 2.18. The maximum absolute atomic E-state index is 12.4. The molecular formula is C17H15N3O6. The fourth-order valence-electron chi connectivity index (χ4n) is 2.48. The van der Waals surface area contributed by atoms with Crippen LogP contribution < -0.4 is 26.9 Å². The highest BCUT2D eigenvalue weighted by atomic mass is 16.5. The quantitative estimate of drug-likeness (QED) is 0.728. The van der Waals surface area contributed by atoms with Crippen LogP contribution in [0.3, 0.4) is 0 Å². The molecule has 0 unspecified atom stereocenters. The van der Waals surface area contributed by atoms with Crippen molar-refractivity contribution in [3.05, 3.63) is 67.2 Å². The summed E-state index contributed by atoms with van der Waals surface area (Å²) in [4.78, 5) is 48.7. The molecule has 0 bridgehead atoms. The molecule has 0 radical (unpaired) electrons. The van der Waals surface area contributed by atoms with Gasteiger partial charge < -0.3 is 14.5 Å². The lowest BCUT2D eigenvalue weighted by molar-refractivity contribution is 0.102. The van der Waals surface area contributed by atoms with E-state index in [9.17, 15) is 19.2 Å². The summed E-state index contributed by atoms with van der Waals surface area (Å²) in [5.74, 6) is -0.126. The van der Waals surface area contributed by atoms with E-state index in [0.29, 0.717) is 11.4 Å². The van der Waals surface area contributed by atoms with Crippen molar-refractivity contribution in [1.82, 2.24) is 9.13 Å². The Morgan fingerprint density at radius 2 is 1.73 bits per heavy atom. The summed E-state index contributed by atoms with van der Waals surface area (Å²) in [6, 6.07) is 7.61. The Bertz CT molecular complexity index is 1180. The van der Waals surface area contributed by atoms with E-state index >= 15 is 0 Å². The predicted molar refractivity (Wildman–Crippen MR) is 93.9 cm³/mol. The van der Waals surface area contributed by atoms with Crippen LogP contribution in [0.4, 0.5) is 5.69 Å². The van der Waals surface area contributed by atoms with Gasteiger partial charge in [-0.1, -0.05) is 0 Å². The Balaban J connectivity index is 2.08. The maximum atomic E-state index is 12.4. The standard InChI is InChI=1S/C17H15N3O6/c1-19-14(22)12-8-11(16(23)26-15(12)20(2)17(19)24)13(21)18-9-4-6-10(25-3)7-5-9/h4-8H,1-3H3,(H,18,21). The number of aromatic nitrogens is 2. The number of hydrogen-bond acceptors (Lipinski definition) is 6. The van der Waals surface area contributed by atoms with Gasteiger partial charge >= 0.3 is 11.3 Å². The number of carbonyl (C=O) groups is 1. The largest absolute Gasteiger partial charge is 0.497 e. The van der Waals surface area contributed by atoms with Crippen molar-refractivity contribution >= 4 is 22.7 Å². The van der Waals surface area contributed by atoms with Gasteiger partial charge in [-0.15, -0.1) is 0 Å². The molecule has 0 saturated carbocycles. The molecule has 0 saturated heterocycles. The Labute approximate surface area is 146 Å². The molecule has 9 heteroatoms.